The molecule has 0 radical (unpaired) electrons. The van der Waals surface area contributed by atoms with Crippen LogP contribution in [-0.4, -0.2) is 12.2 Å². The van der Waals surface area contributed by atoms with Crippen LogP contribution < -0.4 is 0 Å². The Balaban J connectivity index is 3.62. The monoisotopic (exact) mass is 128 g/mol. The Kier molecular flexibility index (Phi) is 3.60. The first-order valence-electron chi connectivity index (χ1n) is 2.72. The maximum atomic E-state index is 8.66. The van der Waals surface area contributed by atoms with Crippen molar-refractivity contribution in [2.24, 2.45) is 0 Å². The second-order valence-corrected chi connectivity index (χ2v) is 1.94. The summed E-state index contributed by atoms with van der Waals surface area (Å²) >= 11 is 0. The van der Waals surface area contributed by atoms with Crippen molar-refractivity contribution < 1.29 is 9.84 Å². The zero-order valence-electron chi connectivity index (χ0n) is 5.85. The second kappa shape index (κ2) is 4.01. The molecule has 52 valence electrons. The second-order valence-electron chi connectivity index (χ2n) is 1.94. The van der Waals surface area contributed by atoms with Crippen LogP contribution >= 0.6 is 0 Å². The first kappa shape index (κ1) is 8.08. The molecule has 2 nitrogen and oxygen atoms in total. The Morgan fingerprint density at radius 3 is 2.67 bits per heavy atom. The van der Waals surface area contributed by atoms with Crippen LogP contribution in [0.4, 0.5) is 0 Å². The molecule has 1 N–H and O–H groups in total. The molecule has 0 aromatic heterocycles. The lowest BCUT2D eigenvalue weighted by molar-refractivity contribution is 0.330. The van der Waals surface area contributed by atoms with Gasteiger partial charge in [-0.3, -0.25) is 0 Å². The van der Waals surface area contributed by atoms with Crippen molar-refractivity contribution in [3.63, 3.8) is 0 Å². The van der Waals surface area contributed by atoms with Crippen molar-refractivity contribution in [3.8, 4) is 0 Å². The smallest absolute Gasteiger partial charge is 0.0892 e. The van der Waals surface area contributed by atoms with E-state index in [1.165, 1.54) is 0 Å². The minimum absolute atomic E-state index is 0.167. The average molecular weight is 128 g/mol. The SMILES string of the molecule is C=C(O)CC(C)=COC. The van der Waals surface area contributed by atoms with Crippen LogP contribution in [-0.2, 0) is 4.74 Å². The summed E-state index contributed by atoms with van der Waals surface area (Å²) in [5, 5.41) is 8.66. The van der Waals surface area contributed by atoms with Crippen molar-refractivity contribution in [2.75, 3.05) is 7.11 Å². The molecule has 0 unspecified atom stereocenters. The Bertz CT molecular complexity index is 125. The van der Waals surface area contributed by atoms with Gasteiger partial charge in [0.25, 0.3) is 0 Å². The van der Waals surface area contributed by atoms with Crippen LogP contribution in [0.25, 0.3) is 0 Å². The van der Waals surface area contributed by atoms with Gasteiger partial charge in [0.1, 0.15) is 0 Å². The summed E-state index contributed by atoms with van der Waals surface area (Å²) in [6, 6.07) is 0. The standard InChI is InChI=1S/C7H12O2/c1-6(5-9-3)4-7(2)8/h5,8H,2,4H2,1,3H3. The van der Waals surface area contributed by atoms with Gasteiger partial charge in [-0.15, -0.1) is 0 Å². The molecule has 9 heavy (non-hydrogen) atoms. The lowest BCUT2D eigenvalue weighted by atomic mass is 10.2. The van der Waals surface area contributed by atoms with E-state index in [-0.39, 0.29) is 5.76 Å². The van der Waals surface area contributed by atoms with Crippen LogP contribution in [0.1, 0.15) is 13.3 Å². The summed E-state index contributed by atoms with van der Waals surface area (Å²) in [4.78, 5) is 0. The summed E-state index contributed by atoms with van der Waals surface area (Å²) in [6.45, 7) is 5.20. The quantitative estimate of drug-likeness (QED) is 0.589. The highest BCUT2D eigenvalue weighted by molar-refractivity contribution is 5.02. The summed E-state index contributed by atoms with van der Waals surface area (Å²) in [5.74, 6) is 0.167. The van der Waals surface area contributed by atoms with Gasteiger partial charge in [-0.2, -0.15) is 0 Å². The summed E-state index contributed by atoms with van der Waals surface area (Å²) < 4.78 is 4.69. The van der Waals surface area contributed by atoms with Crippen molar-refractivity contribution >= 4 is 0 Å². The lowest BCUT2D eigenvalue weighted by Crippen LogP contribution is -1.81. The number of hydrogen-bond acceptors (Lipinski definition) is 2. The average Bonchev–Trinajstić information content (AvgIpc) is 1.63. The summed E-state index contributed by atoms with van der Waals surface area (Å²) in [7, 11) is 1.57. The van der Waals surface area contributed by atoms with Crippen LogP contribution in [0.15, 0.2) is 24.2 Å². The van der Waals surface area contributed by atoms with E-state index in [1.54, 1.807) is 13.4 Å². The van der Waals surface area contributed by atoms with E-state index in [0.29, 0.717) is 6.42 Å². The molecular formula is C7H12O2. The Hall–Kier alpha value is -0.920. The van der Waals surface area contributed by atoms with Crippen LogP contribution in [0.5, 0.6) is 0 Å². The molecule has 0 rings (SSSR count). The molecule has 0 aliphatic carbocycles. The third-order valence-corrected chi connectivity index (χ3v) is 0.802. The third kappa shape index (κ3) is 4.94. The van der Waals surface area contributed by atoms with Crippen molar-refractivity contribution in [1.29, 1.82) is 0 Å². The lowest BCUT2D eigenvalue weighted by Gasteiger charge is -1.96. The first-order chi connectivity index (χ1) is 4.16. The summed E-state index contributed by atoms with van der Waals surface area (Å²) in [5.41, 5.74) is 0.963. The van der Waals surface area contributed by atoms with E-state index in [9.17, 15) is 0 Å². The van der Waals surface area contributed by atoms with E-state index >= 15 is 0 Å². The van der Waals surface area contributed by atoms with Gasteiger partial charge >= 0.3 is 0 Å². The minimum atomic E-state index is 0.167. The molecule has 0 aliphatic heterocycles. The topological polar surface area (TPSA) is 29.5 Å². The maximum Gasteiger partial charge on any atom is 0.0892 e. The van der Waals surface area contributed by atoms with Crippen molar-refractivity contribution in [2.45, 2.75) is 13.3 Å². The minimum Gasteiger partial charge on any atom is -0.513 e. The van der Waals surface area contributed by atoms with Crippen molar-refractivity contribution in [1.82, 2.24) is 0 Å². The van der Waals surface area contributed by atoms with Gasteiger partial charge in [0.05, 0.1) is 19.1 Å². The van der Waals surface area contributed by atoms with Gasteiger partial charge in [-0.25, -0.2) is 0 Å². The fourth-order valence-corrected chi connectivity index (χ4v) is 0.565. The molecule has 0 amide bonds. The van der Waals surface area contributed by atoms with E-state index in [2.05, 4.69) is 6.58 Å². The number of methoxy groups -OCH3 is 1. The number of allylic oxidation sites excluding steroid dienone is 1. The first-order valence-corrected chi connectivity index (χ1v) is 2.72. The molecule has 2 heteroatoms. The van der Waals surface area contributed by atoms with Gasteiger partial charge in [0.15, 0.2) is 0 Å². The predicted molar refractivity (Wildman–Crippen MR) is 37.2 cm³/mol. The normalized spacial score (nSPS) is 11.1. The fraction of sp³-hybridized carbons (Fsp3) is 0.429. The van der Waals surface area contributed by atoms with E-state index in [1.807, 2.05) is 6.92 Å². The molecule has 0 aromatic rings. The van der Waals surface area contributed by atoms with E-state index < -0.39 is 0 Å². The predicted octanol–water partition coefficient (Wildman–Crippen LogP) is 2.00. The zero-order chi connectivity index (χ0) is 7.28. The third-order valence-electron chi connectivity index (χ3n) is 0.802. The molecule has 0 atom stereocenters. The van der Waals surface area contributed by atoms with Gasteiger partial charge in [0.2, 0.25) is 0 Å². The summed E-state index contributed by atoms with van der Waals surface area (Å²) in [6.07, 6.45) is 2.08. The highest BCUT2D eigenvalue weighted by Crippen LogP contribution is 2.04. The largest absolute Gasteiger partial charge is 0.513 e. The van der Waals surface area contributed by atoms with E-state index in [4.69, 9.17) is 9.84 Å². The van der Waals surface area contributed by atoms with Gasteiger partial charge in [0, 0.05) is 6.42 Å². The van der Waals surface area contributed by atoms with Crippen LogP contribution in [0.2, 0.25) is 0 Å². The number of aliphatic hydroxyl groups excluding tert-OH is 1. The van der Waals surface area contributed by atoms with Crippen molar-refractivity contribution in [3.05, 3.63) is 24.2 Å². The zero-order valence-corrected chi connectivity index (χ0v) is 5.85. The van der Waals surface area contributed by atoms with E-state index in [0.717, 1.165) is 5.57 Å². The molecular weight excluding hydrogens is 116 g/mol. The molecule has 0 aliphatic rings. The highest BCUT2D eigenvalue weighted by Gasteiger charge is 1.90. The Morgan fingerprint density at radius 1 is 1.78 bits per heavy atom. The Morgan fingerprint density at radius 2 is 2.33 bits per heavy atom. The number of ether oxygens (including phenoxy) is 1. The molecule has 0 heterocycles. The maximum absolute atomic E-state index is 8.66. The Labute approximate surface area is 55.5 Å². The molecule has 0 bridgehead atoms. The van der Waals surface area contributed by atoms with Gasteiger partial charge in [-0.05, 0) is 12.5 Å². The molecule has 0 saturated carbocycles. The van der Waals surface area contributed by atoms with Crippen LogP contribution in [0.3, 0.4) is 0 Å². The highest BCUT2D eigenvalue weighted by atomic mass is 16.5. The van der Waals surface area contributed by atoms with Gasteiger partial charge in [-0.1, -0.05) is 6.58 Å². The molecule has 0 spiro atoms. The van der Waals surface area contributed by atoms with Gasteiger partial charge < -0.3 is 9.84 Å². The number of rotatable bonds is 3. The fourth-order valence-electron chi connectivity index (χ4n) is 0.565. The molecule has 0 aromatic carbocycles. The number of hydrogen-bond donors (Lipinski definition) is 1. The van der Waals surface area contributed by atoms with Crippen LogP contribution in [0, 0.1) is 0 Å². The number of aliphatic hydroxyl groups is 1. The molecule has 0 saturated heterocycles. The molecule has 0 fully saturated rings.